The molecule has 0 spiro atoms. The Kier molecular flexibility index (Phi) is 6.15. The van der Waals surface area contributed by atoms with E-state index < -0.39 is 0 Å². The van der Waals surface area contributed by atoms with Gasteiger partial charge >= 0.3 is 0 Å². The first-order valence-electron chi connectivity index (χ1n) is 6.07. The van der Waals surface area contributed by atoms with Crippen molar-refractivity contribution in [1.82, 2.24) is 9.88 Å². The molecule has 1 atom stereocenters. The molecule has 5 heteroatoms. The van der Waals surface area contributed by atoms with Crippen LogP contribution in [0.25, 0.3) is 0 Å². The number of pyridine rings is 1. The van der Waals surface area contributed by atoms with E-state index in [4.69, 9.17) is 0 Å². The van der Waals surface area contributed by atoms with Crippen molar-refractivity contribution in [1.29, 1.82) is 0 Å². The lowest BCUT2D eigenvalue weighted by Gasteiger charge is -2.18. The smallest absolute Gasteiger partial charge is 0.253 e. The predicted molar refractivity (Wildman–Crippen MR) is 73.9 cm³/mol. The molecule has 0 radical (unpaired) electrons. The van der Waals surface area contributed by atoms with Crippen LogP contribution in [0, 0.1) is 0 Å². The Morgan fingerprint density at radius 1 is 1.61 bits per heavy atom. The van der Waals surface area contributed by atoms with Crippen LogP contribution in [-0.4, -0.2) is 46.3 Å². The van der Waals surface area contributed by atoms with Crippen molar-refractivity contribution in [3.63, 3.8) is 0 Å². The van der Waals surface area contributed by atoms with E-state index in [-0.39, 0.29) is 12.0 Å². The SMILES string of the molecule is CCSc1cc(C(=O)N(C)CCC(C)O)ccn1. The molecule has 0 fully saturated rings. The standard InChI is InChI=1S/C13H20N2O2S/c1-4-18-12-9-11(5-7-14-12)13(17)15(3)8-6-10(2)16/h5,7,9-10,16H,4,6,8H2,1-3H3. The number of thioether (sulfide) groups is 1. The van der Waals surface area contributed by atoms with Crippen LogP contribution in [0.3, 0.4) is 0 Å². The summed E-state index contributed by atoms with van der Waals surface area (Å²) in [5, 5.41) is 10.1. The third-order valence-corrected chi connectivity index (χ3v) is 3.31. The molecule has 100 valence electrons. The van der Waals surface area contributed by atoms with Crippen molar-refractivity contribution in [2.45, 2.75) is 31.4 Å². The lowest BCUT2D eigenvalue weighted by atomic mass is 10.2. The van der Waals surface area contributed by atoms with Crippen molar-refractivity contribution in [3.8, 4) is 0 Å². The van der Waals surface area contributed by atoms with Gasteiger partial charge < -0.3 is 10.0 Å². The van der Waals surface area contributed by atoms with Gasteiger partial charge in [0.05, 0.1) is 11.1 Å². The molecule has 0 bridgehead atoms. The van der Waals surface area contributed by atoms with Crippen LogP contribution in [0.5, 0.6) is 0 Å². The fourth-order valence-electron chi connectivity index (χ4n) is 1.47. The molecule has 1 aromatic heterocycles. The summed E-state index contributed by atoms with van der Waals surface area (Å²) in [6.07, 6.45) is 1.86. The molecule has 4 nitrogen and oxygen atoms in total. The van der Waals surface area contributed by atoms with E-state index in [1.54, 1.807) is 42.9 Å². The van der Waals surface area contributed by atoms with Crippen LogP contribution in [0.2, 0.25) is 0 Å². The molecular formula is C13H20N2O2S. The van der Waals surface area contributed by atoms with Gasteiger partial charge in [0.15, 0.2) is 0 Å². The monoisotopic (exact) mass is 268 g/mol. The van der Waals surface area contributed by atoms with Crippen molar-refractivity contribution < 1.29 is 9.90 Å². The average molecular weight is 268 g/mol. The summed E-state index contributed by atoms with van der Waals surface area (Å²) in [7, 11) is 1.75. The van der Waals surface area contributed by atoms with Gasteiger partial charge in [0, 0.05) is 25.4 Å². The number of carbonyl (C=O) groups excluding carboxylic acids is 1. The fourth-order valence-corrected chi connectivity index (χ4v) is 2.11. The van der Waals surface area contributed by atoms with Gasteiger partial charge in [-0.25, -0.2) is 4.98 Å². The minimum Gasteiger partial charge on any atom is -0.393 e. The summed E-state index contributed by atoms with van der Waals surface area (Å²) in [5.74, 6) is 0.902. The Bertz CT molecular complexity index is 396. The molecule has 1 rings (SSSR count). The van der Waals surface area contributed by atoms with E-state index in [0.717, 1.165) is 10.8 Å². The summed E-state index contributed by atoms with van der Waals surface area (Å²) in [4.78, 5) is 17.9. The second-order valence-electron chi connectivity index (χ2n) is 4.18. The van der Waals surface area contributed by atoms with Gasteiger partial charge in [-0.05, 0) is 31.2 Å². The normalized spacial score (nSPS) is 12.2. The lowest BCUT2D eigenvalue weighted by Crippen LogP contribution is -2.29. The Labute approximate surface area is 112 Å². The second-order valence-corrected chi connectivity index (χ2v) is 5.46. The van der Waals surface area contributed by atoms with Gasteiger partial charge in [-0.15, -0.1) is 11.8 Å². The topological polar surface area (TPSA) is 53.4 Å². The highest BCUT2D eigenvalue weighted by atomic mass is 32.2. The second kappa shape index (κ2) is 7.38. The van der Waals surface area contributed by atoms with Crippen LogP contribution in [0.1, 0.15) is 30.6 Å². The van der Waals surface area contributed by atoms with E-state index in [1.807, 2.05) is 6.07 Å². The number of aromatic nitrogens is 1. The van der Waals surface area contributed by atoms with E-state index in [1.165, 1.54) is 0 Å². The number of amides is 1. The highest BCUT2D eigenvalue weighted by Gasteiger charge is 2.12. The Morgan fingerprint density at radius 2 is 2.33 bits per heavy atom. The zero-order valence-electron chi connectivity index (χ0n) is 11.1. The first-order valence-corrected chi connectivity index (χ1v) is 7.05. The molecule has 0 aliphatic rings. The summed E-state index contributed by atoms with van der Waals surface area (Å²) in [6, 6.07) is 3.54. The maximum absolute atomic E-state index is 12.1. The highest BCUT2D eigenvalue weighted by Crippen LogP contribution is 2.16. The molecule has 0 aliphatic heterocycles. The summed E-state index contributed by atoms with van der Waals surface area (Å²) in [6.45, 7) is 4.32. The van der Waals surface area contributed by atoms with Gasteiger partial charge in [-0.1, -0.05) is 6.92 Å². The molecule has 1 amide bonds. The molecule has 1 heterocycles. The largest absolute Gasteiger partial charge is 0.393 e. The summed E-state index contributed by atoms with van der Waals surface area (Å²) >= 11 is 1.61. The third kappa shape index (κ3) is 4.66. The highest BCUT2D eigenvalue weighted by molar-refractivity contribution is 7.99. The van der Waals surface area contributed by atoms with Crippen LogP contribution < -0.4 is 0 Å². The molecule has 0 saturated heterocycles. The van der Waals surface area contributed by atoms with Gasteiger partial charge in [-0.2, -0.15) is 0 Å². The lowest BCUT2D eigenvalue weighted by molar-refractivity contribution is 0.0768. The Morgan fingerprint density at radius 3 is 2.94 bits per heavy atom. The molecule has 18 heavy (non-hydrogen) atoms. The molecular weight excluding hydrogens is 248 g/mol. The van der Waals surface area contributed by atoms with E-state index in [9.17, 15) is 9.90 Å². The number of nitrogens with zero attached hydrogens (tertiary/aromatic N) is 2. The number of aliphatic hydroxyl groups is 1. The fraction of sp³-hybridized carbons (Fsp3) is 0.538. The van der Waals surface area contributed by atoms with Crippen molar-refractivity contribution in [2.24, 2.45) is 0 Å². The minimum atomic E-state index is -0.385. The van der Waals surface area contributed by atoms with E-state index in [2.05, 4.69) is 11.9 Å². The van der Waals surface area contributed by atoms with Crippen LogP contribution in [-0.2, 0) is 0 Å². The van der Waals surface area contributed by atoms with Crippen molar-refractivity contribution in [2.75, 3.05) is 19.3 Å². The number of carbonyl (C=O) groups is 1. The maximum atomic E-state index is 12.1. The van der Waals surface area contributed by atoms with Crippen LogP contribution in [0.4, 0.5) is 0 Å². The molecule has 0 saturated carbocycles. The maximum Gasteiger partial charge on any atom is 0.253 e. The van der Waals surface area contributed by atoms with Gasteiger partial charge in [0.1, 0.15) is 0 Å². The number of rotatable bonds is 6. The van der Waals surface area contributed by atoms with E-state index >= 15 is 0 Å². The summed E-state index contributed by atoms with van der Waals surface area (Å²) < 4.78 is 0. The Balaban J connectivity index is 2.67. The number of aliphatic hydroxyl groups excluding tert-OH is 1. The number of hydrogen-bond donors (Lipinski definition) is 1. The first kappa shape index (κ1) is 15.0. The predicted octanol–water partition coefficient (Wildman–Crippen LogP) is 2.04. The van der Waals surface area contributed by atoms with Gasteiger partial charge in [0.25, 0.3) is 5.91 Å². The van der Waals surface area contributed by atoms with Crippen LogP contribution in [0.15, 0.2) is 23.4 Å². The zero-order valence-corrected chi connectivity index (χ0v) is 11.9. The van der Waals surface area contributed by atoms with Crippen molar-refractivity contribution in [3.05, 3.63) is 23.9 Å². The van der Waals surface area contributed by atoms with Gasteiger partial charge in [0.2, 0.25) is 0 Å². The van der Waals surface area contributed by atoms with Gasteiger partial charge in [-0.3, -0.25) is 4.79 Å². The summed E-state index contributed by atoms with van der Waals surface area (Å²) in [5.41, 5.74) is 0.647. The molecule has 0 aromatic carbocycles. The van der Waals surface area contributed by atoms with Crippen molar-refractivity contribution >= 4 is 17.7 Å². The minimum absolute atomic E-state index is 0.0315. The van der Waals surface area contributed by atoms with Crippen LogP contribution >= 0.6 is 11.8 Å². The first-order chi connectivity index (χ1) is 8.54. The molecule has 1 unspecified atom stereocenters. The third-order valence-electron chi connectivity index (χ3n) is 2.50. The number of hydrogen-bond acceptors (Lipinski definition) is 4. The molecule has 1 aromatic rings. The average Bonchev–Trinajstić information content (AvgIpc) is 2.35. The zero-order chi connectivity index (χ0) is 13.5. The molecule has 0 aliphatic carbocycles. The van der Waals surface area contributed by atoms with E-state index in [0.29, 0.717) is 18.5 Å². The Hall–Kier alpha value is -1.07. The quantitative estimate of drug-likeness (QED) is 0.802. The molecule has 1 N–H and O–H groups in total.